The van der Waals surface area contributed by atoms with E-state index in [9.17, 15) is 40.2 Å². The molecule has 10 atom stereocenters. The van der Waals surface area contributed by atoms with Crippen LogP contribution in [-0.2, 0) is 33.3 Å². The Balaban J connectivity index is 2.23. The Bertz CT molecular complexity index is 556. The molecule has 2 aliphatic heterocycles. The van der Waals surface area contributed by atoms with Gasteiger partial charge in [0.15, 0.2) is 24.8 Å². The van der Waals surface area contributed by atoms with Gasteiger partial charge in [-0.15, -0.1) is 0 Å². The van der Waals surface area contributed by atoms with Gasteiger partial charge in [0, 0.05) is 13.7 Å². The smallest absolute Gasteiger partial charge is 0.335 e. The summed E-state index contributed by atoms with van der Waals surface area (Å²) in [5.41, 5.74) is 0. The fourth-order valence-corrected chi connectivity index (χ4v) is 3.06. The Kier molecular flexibility index (Phi) is 7.66. The highest BCUT2D eigenvalue weighted by Crippen LogP contribution is 2.30. The average molecular weight is 412 g/mol. The third-order valence-electron chi connectivity index (χ3n) is 4.47. The van der Waals surface area contributed by atoms with Crippen LogP contribution in [0.15, 0.2) is 0 Å². The predicted molar refractivity (Wildman–Crippen MR) is 83.9 cm³/mol. The van der Waals surface area contributed by atoms with E-state index in [4.69, 9.17) is 23.7 Å². The highest BCUT2D eigenvalue weighted by molar-refractivity contribution is 5.74. The Morgan fingerprint density at radius 1 is 0.821 bits per heavy atom. The lowest BCUT2D eigenvalue weighted by atomic mass is 9.96. The molecular formula is C15H24O13. The Morgan fingerprint density at radius 3 is 1.79 bits per heavy atom. The zero-order valence-corrected chi connectivity index (χ0v) is 15.0. The van der Waals surface area contributed by atoms with E-state index in [0.29, 0.717) is 0 Å². The van der Waals surface area contributed by atoms with Gasteiger partial charge < -0.3 is 54.3 Å². The highest BCUT2D eigenvalue weighted by atomic mass is 16.7. The number of hydrogen-bond acceptors (Lipinski definition) is 11. The van der Waals surface area contributed by atoms with Gasteiger partial charge >= 0.3 is 11.9 Å². The molecule has 28 heavy (non-hydrogen) atoms. The summed E-state index contributed by atoms with van der Waals surface area (Å²) in [6.45, 7) is 1.62. The second-order valence-electron chi connectivity index (χ2n) is 6.25. The molecule has 0 aromatic rings. The second kappa shape index (κ2) is 9.39. The van der Waals surface area contributed by atoms with Crippen molar-refractivity contribution in [2.45, 2.75) is 68.3 Å². The minimum Gasteiger partial charge on any atom is -0.479 e. The molecule has 2 fully saturated rings. The van der Waals surface area contributed by atoms with Crippen LogP contribution >= 0.6 is 0 Å². The molecule has 2 heterocycles. The molecule has 4 unspecified atom stereocenters. The van der Waals surface area contributed by atoms with Crippen molar-refractivity contribution in [3.05, 3.63) is 0 Å². The van der Waals surface area contributed by atoms with Crippen LogP contribution in [0.2, 0.25) is 0 Å². The van der Waals surface area contributed by atoms with Crippen LogP contribution in [0.5, 0.6) is 0 Å². The molecule has 0 bridgehead atoms. The maximum atomic E-state index is 11.5. The Hall–Kier alpha value is -1.42. The van der Waals surface area contributed by atoms with Crippen LogP contribution in [0.25, 0.3) is 0 Å². The molecule has 0 amide bonds. The number of carboxylic acids is 2. The summed E-state index contributed by atoms with van der Waals surface area (Å²) in [5.74, 6) is -3.10. The molecule has 0 radical (unpaired) electrons. The SMILES string of the molecule is CCO[C@@H]1OC(C(=O)O)[C@H](O[C@@H]2OC(C(=O)O)[C@H](OC)[C@H](O)C2O)[C@H](O)C1O. The predicted octanol–water partition coefficient (Wildman–Crippen LogP) is -3.51. The van der Waals surface area contributed by atoms with E-state index in [1.165, 1.54) is 0 Å². The minimum atomic E-state index is -1.86. The molecule has 6 N–H and O–H groups in total. The number of rotatable bonds is 7. The van der Waals surface area contributed by atoms with Crippen LogP contribution in [-0.4, -0.2) is 118 Å². The monoisotopic (exact) mass is 412 g/mol. The van der Waals surface area contributed by atoms with E-state index in [-0.39, 0.29) is 6.61 Å². The van der Waals surface area contributed by atoms with Crippen LogP contribution in [0, 0.1) is 0 Å². The summed E-state index contributed by atoms with van der Waals surface area (Å²) in [6.07, 6.45) is -17.2. The molecule has 0 aromatic carbocycles. The highest BCUT2D eigenvalue weighted by Gasteiger charge is 2.54. The maximum Gasteiger partial charge on any atom is 0.335 e. The van der Waals surface area contributed by atoms with Gasteiger partial charge in [-0.2, -0.15) is 0 Å². The lowest BCUT2D eigenvalue weighted by molar-refractivity contribution is -0.351. The fraction of sp³-hybridized carbons (Fsp3) is 0.867. The molecule has 13 heteroatoms. The zero-order valence-electron chi connectivity index (χ0n) is 15.0. The lowest BCUT2D eigenvalue weighted by Crippen LogP contribution is -2.66. The van der Waals surface area contributed by atoms with E-state index in [1.807, 2.05) is 0 Å². The van der Waals surface area contributed by atoms with E-state index >= 15 is 0 Å². The standard InChI is InChI=1S/C15H24O13/c1-3-25-14-6(18)5(17)9(11(27-14)13(22)23)26-15-7(19)4(16)8(24-2)10(28-15)12(20)21/h4-11,14-19H,3H2,1-2H3,(H,20,21)(H,22,23)/t4-,5-,6?,7?,8-,9-,10?,11?,14-,15-/m1/s1. The molecule has 0 aliphatic carbocycles. The minimum absolute atomic E-state index is 0.0572. The number of carboxylic acid groups (broad SMARTS) is 2. The second-order valence-corrected chi connectivity index (χ2v) is 6.25. The molecule has 2 saturated heterocycles. The Morgan fingerprint density at radius 2 is 1.29 bits per heavy atom. The third-order valence-corrected chi connectivity index (χ3v) is 4.47. The lowest BCUT2D eigenvalue weighted by Gasteiger charge is -2.45. The van der Waals surface area contributed by atoms with Crippen molar-refractivity contribution >= 4 is 11.9 Å². The normalized spacial score (nSPS) is 44.2. The zero-order chi connectivity index (χ0) is 21.2. The topological polar surface area (TPSA) is 202 Å². The number of aliphatic hydroxyl groups is 4. The summed E-state index contributed by atoms with van der Waals surface area (Å²) < 4.78 is 25.3. The van der Waals surface area contributed by atoms with E-state index in [1.54, 1.807) is 6.92 Å². The first kappa shape index (κ1) is 22.9. The summed E-state index contributed by atoms with van der Waals surface area (Å²) in [4.78, 5) is 22.8. The Labute approximate surface area is 158 Å². The van der Waals surface area contributed by atoms with Crippen molar-refractivity contribution in [2.24, 2.45) is 0 Å². The van der Waals surface area contributed by atoms with Crippen LogP contribution in [0.3, 0.4) is 0 Å². The number of ether oxygens (including phenoxy) is 5. The van der Waals surface area contributed by atoms with Gasteiger partial charge in [0.2, 0.25) is 0 Å². The summed E-state index contributed by atoms with van der Waals surface area (Å²) >= 11 is 0. The van der Waals surface area contributed by atoms with Gasteiger partial charge in [0.05, 0.1) is 0 Å². The molecular weight excluding hydrogens is 388 g/mol. The first-order valence-electron chi connectivity index (χ1n) is 8.42. The van der Waals surface area contributed by atoms with E-state index in [0.717, 1.165) is 7.11 Å². The number of aliphatic carboxylic acids is 2. The first-order valence-corrected chi connectivity index (χ1v) is 8.42. The molecule has 0 saturated carbocycles. The van der Waals surface area contributed by atoms with Crippen molar-refractivity contribution in [3.63, 3.8) is 0 Å². The number of methoxy groups -OCH3 is 1. The molecule has 2 aliphatic rings. The van der Waals surface area contributed by atoms with Gasteiger partial charge in [-0.05, 0) is 6.92 Å². The van der Waals surface area contributed by atoms with Gasteiger partial charge in [0.1, 0.15) is 36.6 Å². The van der Waals surface area contributed by atoms with Gasteiger partial charge in [-0.25, -0.2) is 9.59 Å². The largest absolute Gasteiger partial charge is 0.479 e. The van der Waals surface area contributed by atoms with Gasteiger partial charge in [0.25, 0.3) is 0 Å². The molecule has 0 aromatic heterocycles. The fourth-order valence-electron chi connectivity index (χ4n) is 3.06. The van der Waals surface area contributed by atoms with Gasteiger partial charge in [-0.3, -0.25) is 0 Å². The van der Waals surface area contributed by atoms with Crippen LogP contribution in [0.1, 0.15) is 6.92 Å². The summed E-state index contributed by atoms with van der Waals surface area (Å²) in [7, 11) is 1.10. The van der Waals surface area contributed by atoms with E-state index < -0.39 is 73.4 Å². The van der Waals surface area contributed by atoms with Crippen molar-refractivity contribution in [1.29, 1.82) is 0 Å². The average Bonchev–Trinajstić information content (AvgIpc) is 2.64. The quantitative estimate of drug-likeness (QED) is 0.240. The molecule has 2 rings (SSSR count). The van der Waals surface area contributed by atoms with Crippen molar-refractivity contribution in [3.8, 4) is 0 Å². The van der Waals surface area contributed by atoms with Crippen molar-refractivity contribution in [1.82, 2.24) is 0 Å². The third kappa shape index (κ3) is 4.42. The molecule has 13 nitrogen and oxygen atoms in total. The summed E-state index contributed by atoms with van der Waals surface area (Å²) in [5, 5.41) is 59.1. The van der Waals surface area contributed by atoms with Crippen LogP contribution in [0.4, 0.5) is 0 Å². The number of carbonyl (C=O) groups is 2. The summed E-state index contributed by atoms with van der Waals surface area (Å²) in [6, 6.07) is 0. The number of hydrogen-bond donors (Lipinski definition) is 6. The van der Waals surface area contributed by atoms with E-state index in [2.05, 4.69) is 0 Å². The van der Waals surface area contributed by atoms with Crippen molar-refractivity contribution in [2.75, 3.05) is 13.7 Å². The first-order chi connectivity index (χ1) is 13.1. The maximum absolute atomic E-state index is 11.5. The van der Waals surface area contributed by atoms with Crippen molar-refractivity contribution < 1.29 is 63.9 Å². The van der Waals surface area contributed by atoms with Gasteiger partial charge in [-0.1, -0.05) is 0 Å². The molecule has 0 spiro atoms. The van der Waals surface area contributed by atoms with Crippen LogP contribution < -0.4 is 0 Å². The number of aliphatic hydroxyl groups excluding tert-OH is 4. The molecule has 162 valence electrons.